The molecule has 0 bridgehead atoms. The molecule has 0 spiro atoms. The predicted molar refractivity (Wildman–Crippen MR) is 78.3 cm³/mol. The molecule has 1 aromatic heterocycles. The Morgan fingerprint density at radius 2 is 2.11 bits per heavy atom. The van der Waals surface area contributed by atoms with Crippen LogP contribution in [0.3, 0.4) is 0 Å². The van der Waals surface area contributed by atoms with E-state index in [0.717, 1.165) is 23.1 Å². The van der Waals surface area contributed by atoms with Crippen LogP contribution in [0.2, 0.25) is 0 Å². The number of carbonyl (C=O) groups excluding carboxylic acids is 1. The Morgan fingerprint density at radius 1 is 1.32 bits per heavy atom. The van der Waals surface area contributed by atoms with Crippen LogP contribution < -0.4 is 5.32 Å². The first-order valence-electron chi connectivity index (χ1n) is 6.23. The molecule has 100 valence electrons. The van der Waals surface area contributed by atoms with E-state index in [4.69, 9.17) is 4.42 Å². The van der Waals surface area contributed by atoms with Crippen LogP contribution in [0.5, 0.6) is 0 Å². The maximum Gasteiger partial charge on any atom is 0.255 e. The largest absolute Gasteiger partial charge is 0.469 e. The molecular formula is C15H16BrNO2. The lowest BCUT2D eigenvalue weighted by Crippen LogP contribution is -2.23. The second-order valence-electron chi connectivity index (χ2n) is 4.25. The summed E-state index contributed by atoms with van der Waals surface area (Å²) < 4.78 is 5.26. The molecule has 1 aromatic carbocycles. The third-order valence-corrected chi connectivity index (χ3v) is 3.56. The maximum absolute atomic E-state index is 12.0. The predicted octanol–water partition coefficient (Wildman–Crippen LogP) is 3.67. The number of rotatable bonds is 5. The van der Waals surface area contributed by atoms with Crippen molar-refractivity contribution < 1.29 is 9.21 Å². The van der Waals surface area contributed by atoms with Crippen LogP contribution in [0.4, 0.5) is 0 Å². The standard InChI is InChI=1S/C15H16BrNO2/c1-2-14-13(6-7-19-14)15(18)17-10-12-5-3-4-11(8-12)9-16/h3-8H,2,9-10H2,1H3,(H,17,18). The van der Waals surface area contributed by atoms with E-state index in [1.54, 1.807) is 12.3 Å². The topological polar surface area (TPSA) is 42.2 Å². The second-order valence-corrected chi connectivity index (χ2v) is 4.81. The minimum atomic E-state index is -0.0881. The van der Waals surface area contributed by atoms with Crippen LogP contribution in [-0.4, -0.2) is 5.91 Å². The molecule has 1 amide bonds. The van der Waals surface area contributed by atoms with Crippen LogP contribution in [-0.2, 0) is 18.3 Å². The third-order valence-electron chi connectivity index (χ3n) is 2.91. The molecule has 0 radical (unpaired) electrons. The summed E-state index contributed by atoms with van der Waals surface area (Å²) in [6.07, 6.45) is 2.27. The quantitative estimate of drug-likeness (QED) is 0.854. The number of amides is 1. The Bertz CT molecular complexity index is 563. The summed E-state index contributed by atoms with van der Waals surface area (Å²) >= 11 is 3.42. The molecule has 0 aliphatic carbocycles. The zero-order valence-corrected chi connectivity index (χ0v) is 12.4. The fraction of sp³-hybridized carbons (Fsp3) is 0.267. The van der Waals surface area contributed by atoms with Gasteiger partial charge in [0.05, 0.1) is 11.8 Å². The number of furan rings is 1. The number of alkyl halides is 1. The van der Waals surface area contributed by atoms with Gasteiger partial charge >= 0.3 is 0 Å². The monoisotopic (exact) mass is 321 g/mol. The number of hydrogen-bond donors (Lipinski definition) is 1. The van der Waals surface area contributed by atoms with Crippen molar-refractivity contribution in [2.75, 3.05) is 0 Å². The van der Waals surface area contributed by atoms with E-state index < -0.39 is 0 Å². The molecule has 1 heterocycles. The molecule has 2 rings (SSSR count). The maximum atomic E-state index is 12.0. The van der Waals surface area contributed by atoms with Crippen molar-refractivity contribution in [2.45, 2.75) is 25.2 Å². The van der Waals surface area contributed by atoms with Crippen molar-refractivity contribution in [1.29, 1.82) is 0 Å². The molecule has 4 heteroatoms. The summed E-state index contributed by atoms with van der Waals surface area (Å²) in [5.41, 5.74) is 2.91. The highest BCUT2D eigenvalue weighted by molar-refractivity contribution is 9.08. The van der Waals surface area contributed by atoms with E-state index in [1.807, 2.05) is 25.1 Å². The van der Waals surface area contributed by atoms with Gasteiger partial charge in [0.15, 0.2) is 0 Å². The van der Waals surface area contributed by atoms with Gasteiger partial charge in [-0.25, -0.2) is 0 Å². The Morgan fingerprint density at radius 3 is 2.84 bits per heavy atom. The zero-order chi connectivity index (χ0) is 13.7. The normalized spacial score (nSPS) is 10.4. The summed E-state index contributed by atoms with van der Waals surface area (Å²) in [6.45, 7) is 2.49. The van der Waals surface area contributed by atoms with Crippen LogP contribution in [0.15, 0.2) is 41.0 Å². The summed E-state index contributed by atoms with van der Waals surface area (Å²) in [7, 11) is 0. The van der Waals surface area contributed by atoms with E-state index >= 15 is 0 Å². The first-order valence-corrected chi connectivity index (χ1v) is 7.35. The molecule has 0 saturated heterocycles. The van der Waals surface area contributed by atoms with Crippen molar-refractivity contribution in [3.05, 3.63) is 59.0 Å². The Balaban J connectivity index is 2.00. The minimum Gasteiger partial charge on any atom is -0.469 e. The van der Waals surface area contributed by atoms with Gasteiger partial charge in [0.1, 0.15) is 5.76 Å². The fourth-order valence-corrected chi connectivity index (χ4v) is 2.27. The number of halogens is 1. The van der Waals surface area contributed by atoms with Gasteiger partial charge < -0.3 is 9.73 Å². The lowest BCUT2D eigenvalue weighted by Gasteiger charge is -2.06. The van der Waals surface area contributed by atoms with Crippen molar-refractivity contribution in [3.63, 3.8) is 0 Å². The summed E-state index contributed by atoms with van der Waals surface area (Å²) in [5, 5.41) is 3.73. The highest BCUT2D eigenvalue weighted by Crippen LogP contribution is 2.12. The Hall–Kier alpha value is -1.55. The Labute approximate surface area is 121 Å². The van der Waals surface area contributed by atoms with Crippen molar-refractivity contribution in [3.8, 4) is 0 Å². The first kappa shape index (κ1) is 13.9. The number of carbonyl (C=O) groups is 1. The highest BCUT2D eigenvalue weighted by Gasteiger charge is 2.12. The molecule has 0 aliphatic heterocycles. The number of nitrogens with one attached hydrogen (secondary N) is 1. The molecule has 1 N–H and O–H groups in total. The van der Waals surface area contributed by atoms with E-state index in [9.17, 15) is 4.79 Å². The van der Waals surface area contributed by atoms with E-state index in [1.165, 1.54) is 5.56 Å². The van der Waals surface area contributed by atoms with Crippen LogP contribution in [0, 0.1) is 0 Å². The number of benzene rings is 1. The number of aryl methyl sites for hydroxylation is 1. The van der Waals surface area contributed by atoms with Gasteiger partial charge in [-0.3, -0.25) is 4.79 Å². The number of hydrogen-bond acceptors (Lipinski definition) is 2. The first-order chi connectivity index (χ1) is 9.24. The van der Waals surface area contributed by atoms with Crippen LogP contribution in [0.1, 0.15) is 34.2 Å². The average molecular weight is 322 g/mol. The van der Waals surface area contributed by atoms with Gasteiger partial charge in [-0.2, -0.15) is 0 Å². The van der Waals surface area contributed by atoms with Crippen molar-refractivity contribution in [1.82, 2.24) is 5.32 Å². The molecule has 0 saturated carbocycles. The van der Waals surface area contributed by atoms with Gasteiger partial charge in [0, 0.05) is 18.3 Å². The molecule has 0 fully saturated rings. The molecule has 0 atom stereocenters. The second kappa shape index (κ2) is 6.57. The molecule has 2 aromatic rings. The lowest BCUT2D eigenvalue weighted by atomic mass is 10.1. The third kappa shape index (κ3) is 3.47. The van der Waals surface area contributed by atoms with Gasteiger partial charge in [0.25, 0.3) is 5.91 Å². The van der Waals surface area contributed by atoms with Gasteiger partial charge in [-0.1, -0.05) is 47.1 Å². The van der Waals surface area contributed by atoms with E-state index in [2.05, 4.69) is 27.3 Å². The van der Waals surface area contributed by atoms with Crippen LogP contribution in [0.25, 0.3) is 0 Å². The summed E-state index contributed by atoms with van der Waals surface area (Å²) in [4.78, 5) is 12.0. The Kier molecular flexibility index (Phi) is 4.80. The molecule has 19 heavy (non-hydrogen) atoms. The van der Waals surface area contributed by atoms with E-state index in [0.29, 0.717) is 12.1 Å². The van der Waals surface area contributed by atoms with Gasteiger partial charge in [-0.15, -0.1) is 0 Å². The minimum absolute atomic E-state index is 0.0881. The molecule has 0 aliphatic rings. The van der Waals surface area contributed by atoms with Crippen molar-refractivity contribution >= 4 is 21.8 Å². The summed E-state index contributed by atoms with van der Waals surface area (Å²) in [5.74, 6) is 0.640. The molecule has 3 nitrogen and oxygen atoms in total. The average Bonchev–Trinajstić information content (AvgIpc) is 2.93. The fourth-order valence-electron chi connectivity index (χ4n) is 1.92. The van der Waals surface area contributed by atoms with E-state index in [-0.39, 0.29) is 5.91 Å². The lowest BCUT2D eigenvalue weighted by molar-refractivity contribution is 0.0949. The molecular weight excluding hydrogens is 306 g/mol. The van der Waals surface area contributed by atoms with Gasteiger partial charge in [0.2, 0.25) is 0 Å². The zero-order valence-electron chi connectivity index (χ0n) is 10.8. The molecule has 0 unspecified atom stereocenters. The van der Waals surface area contributed by atoms with Crippen molar-refractivity contribution in [2.24, 2.45) is 0 Å². The van der Waals surface area contributed by atoms with Crippen LogP contribution >= 0.6 is 15.9 Å². The SMILES string of the molecule is CCc1occc1C(=O)NCc1cccc(CBr)c1. The summed E-state index contributed by atoms with van der Waals surface area (Å²) in [6, 6.07) is 9.83. The smallest absolute Gasteiger partial charge is 0.255 e. The van der Waals surface area contributed by atoms with Gasteiger partial charge in [-0.05, 0) is 17.2 Å². The highest BCUT2D eigenvalue weighted by atomic mass is 79.9.